The zero-order valence-corrected chi connectivity index (χ0v) is 44.4. The number of hydrogen-bond donors (Lipinski definition) is 8. The number of carbonyl (C=O) groups is 7. The van der Waals surface area contributed by atoms with Crippen molar-refractivity contribution in [3.05, 3.63) is 100 Å². The molecule has 3 aromatic carbocycles. The molecule has 0 bridgehead atoms. The highest BCUT2D eigenvalue weighted by atomic mass is 16.2. The predicted molar refractivity (Wildman–Crippen MR) is 281 cm³/mol. The van der Waals surface area contributed by atoms with Crippen LogP contribution in [0.4, 0.5) is 10.5 Å². The van der Waals surface area contributed by atoms with Crippen LogP contribution in [0, 0.1) is 10.8 Å². The quantitative estimate of drug-likeness (QED) is 0.112. The lowest BCUT2D eigenvalue weighted by Crippen LogP contribution is -2.62. The first-order valence-corrected chi connectivity index (χ1v) is 26.1. The fraction of sp³-hybridized carbons (Fsp3) is 0.554. The monoisotopic (exact) mass is 1000 g/mol. The molecule has 1 saturated heterocycles. The largest absolute Gasteiger partial charge is 0.347 e. The molecule has 9 atom stereocenters. The first-order chi connectivity index (χ1) is 34.6. The number of rotatable bonds is 14. The van der Waals surface area contributed by atoms with E-state index in [9.17, 15) is 33.6 Å². The van der Waals surface area contributed by atoms with Gasteiger partial charge in [-0.15, -0.1) is 0 Å². The molecule has 4 aliphatic rings. The third-order valence-corrected chi connectivity index (χ3v) is 15.2. The zero-order chi connectivity index (χ0) is 52.9. The summed E-state index contributed by atoms with van der Waals surface area (Å²) in [4.78, 5) is 102. The lowest BCUT2D eigenvalue weighted by Gasteiger charge is -2.42. The minimum atomic E-state index is -0.975. The fourth-order valence-electron chi connectivity index (χ4n) is 10.7. The van der Waals surface area contributed by atoms with Crippen LogP contribution in [-0.2, 0) is 54.6 Å². The number of carbonyl (C=O) groups excluding carboxylic acids is 7. The molecule has 73 heavy (non-hydrogen) atoms. The number of nitrogens with one attached hydrogen (secondary N) is 8. The normalized spacial score (nSPS) is 22.2. The summed E-state index contributed by atoms with van der Waals surface area (Å²) >= 11 is 0. The number of amides is 8. The number of aryl methyl sites for hydroxylation is 2. The Morgan fingerprint density at radius 1 is 0.589 bits per heavy atom. The van der Waals surface area contributed by atoms with Gasteiger partial charge in [0.1, 0.15) is 24.2 Å². The van der Waals surface area contributed by atoms with E-state index in [2.05, 4.69) is 54.7 Å². The van der Waals surface area contributed by atoms with E-state index in [1.807, 2.05) is 84.0 Å². The van der Waals surface area contributed by atoms with Crippen LogP contribution < -0.4 is 42.5 Å². The Hall–Kier alpha value is -6.33. The van der Waals surface area contributed by atoms with Crippen LogP contribution in [0.2, 0.25) is 0 Å². The fourth-order valence-corrected chi connectivity index (χ4v) is 10.7. The predicted octanol–water partition coefficient (Wildman–Crippen LogP) is 4.70. The molecular formula is C56H78N10O7. The van der Waals surface area contributed by atoms with Crippen LogP contribution >= 0.6 is 0 Å². The lowest BCUT2D eigenvalue weighted by molar-refractivity contribution is -0.147. The summed E-state index contributed by atoms with van der Waals surface area (Å²) in [5.41, 5.74) is 5.04. The first-order valence-electron chi connectivity index (χ1n) is 26.1. The third kappa shape index (κ3) is 12.7. The first kappa shape index (κ1) is 54.4. The average molecular weight is 1000 g/mol. The molecule has 8 amide bonds. The zero-order valence-electron chi connectivity index (χ0n) is 44.4. The summed E-state index contributed by atoms with van der Waals surface area (Å²) in [6, 6.07) is 15.0. The molecule has 0 spiro atoms. The van der Waals surface area contributed by atoms with Crippen LogP contribution in [0.3, 0.4) is 0 Å². The molecule has 2 aliphatic carbocycles. The molecule has 2 heterocycles. The highest BCUT2D eigenvalue weighted by Gasteiger charge is 2.47. The molecule has 17 nitrogen and oxygen atoms in total. The van der Waals surface area contributed by atoms with Gasteiger partial charge in [-0.3, -0.25) is 28.8 Å². The summed E-state index contributed by atoms with van der Waals surface area (Å²) in [5.74, 6) is -2.14. The Morgan fingerprint density at radius 3 is 1.59 bits per heavy atom. The van der Waals surface area contributed by atoms with Gasteiger partial charge in [-0.25, -0.2) is 4.79 Å². The second-order valence-corrected chi connectivity index (χ2v) is 22.6. The van der Waals surface area contributed by atoms with E-state index < -0.39 is 71.0 Å². The molecule has 2 aliphatic heterocycles. The van der Waals surface area contributed by atoms with E-state index >= 15 is 0 Å². The SMILES string of the molecule is CN[C@@H](C)C(=O)N[C@H](C(=O)N1Cc2cc(NC(=O)N[C@H]3C[C@@H](C(=O)NC4CCCc5ccccc54)N(C(=O)[C@@H](NC(=O)[C@H](C)NC)C(C)(C)C)C3)ccc2C[C@H]1C(=O)NC1CCCc2ccccc21)C(C)(C)C. The van der Waals surface area contributed by atoms with Crippen molar-refractivity contribution in [3.63, 3.8) is 0 Å². The standard InChI is InChI=1S/C56H78N10O7/c1-32(57-9)48(67)63-46(55(3,4)5)52(71)65-30-37-27-38(26-25-36(37)28-44(65)50(69)61-42-23-15-19-34-17-11-13-21-40(34)42)59-54(73)60-39-29-45(51(70)62-43-24-16-20-35-18-12-14-22-41(35)43)66(31-39)53(72)47(56(6,7)8)64-49(68)33(2)58-10/h11-14,17-18,21-22,25-27,32-33,39,42-47,57-58H,15-16,19-20,23-24,28-31H2,1-10H3,(H,61,69)(H,62,70)(H,63,67)(H,64,68)(H2,59,60,73)/t32-,33-,39-,42?,43?,44-,45-,46+,47+/m0/s1. The van der Waals surface area contributed by atoms with Gasteiger partial charge in [0.05, 0.1) is 30.2 Å². The van der Waals surface area contributed by atoms with Gasteiger partial charge in [0.25, 0.3) is 0 Å². The van der Waals surface area contributed by atoms with Gasteiger partial charge in [0.15, 0.2) is 0 Å². The minimum absolute atomic E-state index is 0.0192. The number of likely N-dealkylation sites (N-methyl/N-ethyl adjacent to an activating group) is 2. The maximum atomic E-state index is 14.9. The number of hydrogen-bond acceptors (Lipinski definition) is 9. The van der Waals surface area contributed by atoms with Crippen molar-refractivity contribution in [3.8, 4) is 0 Å². The molecule has 1 fully saturated rings. The van der Waals surface area contributed by atoms with E-state index in [0.717, 1.165) is 60.8 Å². The van der Waals surface area contributed by atoms with Crippen molar-refractivity contribution in [1.82, 2.24) is 47.0 Å². The second-order valence-electron chi connectivity index (χ2n) is 22.6. The van der Waals surface area contributed by atoms with Gasteiger partial charge in [-0.1, -0.05) is 96.1 Å². The number of nitrogens with zero attached hydrogens (tertiary/aromatic N) is 2. The van der Waals surface area contributed by atoms with E-state index in [1.54, 1.807) is 45.0 Å². The van der Waals surface area contributed by atoms with Crippen molar-refractivity contribution >= 4 is 47.2 Å². The number of urea groups is 1. The Morgan fingerprint density at radius 2 is 1.08 bits per heavy atom. The average Bonchev–Trinajstić information content (AvgIpc) is 3.78. The molecule has 2 unspecified atom stereocenters. The van der Waals surface area contributed by atoms with Gasteiger partial charge < -0.3 is 52.3 Å². The Balaban J connectivity index is 1.12. The summed E-state index contributed by atoms with van der Waals surface area (Å²) in [5, 5.41) is 24.2. The number of anilines is 1. The molecule has 3 aromatic rings. The summed E-state index contributed by atoms with van der Waals surface area (Å²) in [6.45, 7) is 14.7. The summed E-state index contributed by atoms with van der Waals surface area (Å²) in [7, 11) is 3.33. The third-order valence-electron chi connectivity index (χ3n) is 15.2. The van der Waals surface area contributed by atoms with Gasteiger partial charge >= 0.3 is 6.03 Å². The van der Waals surface area contributed by atoms with Crippen LogP contribution in [0.15, 0.2) is 66.7 Å². The van der Waals surface area contributed by atoms with Crippen LogP contribution in [0.5, 0.6) is 0 Å². The van der Waals surface area contributed by atoms with Crippen molar-refractivity contribution in [2.24, 2.45) is 10.8 Å². The second kappa shape index (κ2) is 22.8. The van der Waals surface area contributed by atoms with Gasteiger partial charge in [-0.2, -0.15) is 0 Å². The van der Waals surface area contributed by atoms with E-state index in [0.29, 0.717) is 5.69 Å². The summed E-state index contributed by atoms with van der Waals surface area (Å²) < 4.78 is 0. The number of benzene rings is 3. The smallest absolute Gasteiger partial charge is 0.319 e. The van der Waals surface area contributed by atoms with Gasteiger partial charge in [0.2, 0.25) is 35.4 Å². The molecule has 7 rings (SSSR count). The topological polar surface area (TPSA) is 222 Å². The van der Waals surface area contributed by atoms with Crippen molar-refractivity contribution in [2.75, 3.05) is 26.0 Å². The maximum absolute atomic E-state index is 14.9. The van der Waals surface area contributed by atoms with Crippen molar-refractivity contribution in [1.29, 1.82) is 0 Å². The number of likely N-dealkylation sites (tertiary alicyclic amines) is 1. The molecule has 0 aromatic heterocycles. The Kier molecular flexibility index (Phi) is 17.0. The molecular weight excluding hydrogens is 925 g/mol. The van der Waals surface area contributed by atoms with Gasteiger partial charge in [-0.05, 0) is 129 Å². The molecule has 17 heteroatoms. The van der Waals surface area contributed by atoms with Crippen LogP contribution in [0.25, 0.3) is 0 Å². The van der Waals surface area contributed by atoms with E-state index in [-0.39, 0.29) is 61.6 Å². The highest BCUT2D eigenvalue weighted by molar-refractivity contribution is 5.96. The lowest BCUT2D eigenvalue weighted by atomic mass is 9.83. The van der Waals surface area contributed by atoms with Gasteiger partial charge in [0, 0.05) is 25.2 Å². The van der Waals surface area contributed by atoms with Crippen LogP contribution in [-0.4, -0.2) is 114 Å². The molecule has 0 saturated carbocycles. The van der Waals surface area contributed by atoms with Crippen molar-refractivity contribution < 1.29 is 33.6 Å². The Labute approximate surface area is 430 Å². The molecule has 8 N–H and O–H groups in total. The highest BCUT2D eigenvalue weighted by Crippen LogP contribution is 2.35. The molecule has 394 valence electrons. The Bertz CT molecular complexity index is 2550. The minimum Gasteiger partial charge on any atom is -0.347 e. The summed E-state index contributed by atoms with van der Waals surface area (Å²) in [6.07, 6.45) is 5.51. The van der Waals surface area contributed by atoms with Crippen molar-refractivity contribution in [2.45, 2.75) is 168 Å². The van der Waals surface area contributed by atoms with E-state index in [1.165, 1.54) is 16.0 Å². The van der Waals surface area contributed by atoms with E-state index in [4.69, 9.17) is 0 Å². The maximum Gasteiger partial charge on any atom is 0.319 e. The number of fused-ring (bicyclic) bond motifs is 3. The van der Waals surface area contributed by atoms with Crippen LogP contribution in [0.1, 0.15) is 133 Å². The molecule has 0 radical (unpaired) electrons.